The number of methoxy groups -OCH3 is 1. The molecule has 2 saturated heterocycles. The van der Waals surface area contributed by atoms with Crippen molar-refractivity contribution in [1.29, 1.82) is 0 Å². The standard InChI is InChI=1S/C20H22FN3O2/c1-24-10-8-20(19(24)25)7-5-16(23-20)17-11-13(6-9-22-17)15-12-14(21)3-4-18(15)26-2/h3-4,6,9,11-12,16,23H,5,7-8,10H2,1-2H3/t16-,20+/m1/s1. The highest BCUT2D eigenvalue weighted by molar-refractivity contribution is 5.88. The smallest absolute Gasteiger partial charge is 0.242 e. The Morgan fingerprint density at radius 1 is 1.31 bits per heavy atom. The number of likely N-dealkylation sites (tertiary alicyclic amines) is 1. The molecule has 3 heterocycles. The third-order valence-corrected chi connectivity index (χ3v) is 5.55. The van der Waals surface area contributed by atoms with Crippen molar-refractivity contribution in [3.8, 4) is 16.9 Å². The fraction of sp³-hybridized carbons (Fsp3) is 0.400. The molecule has 2 aliphatic rings. The molecule has 0 saturated carbocycles. The molecule has 2 atom stereocenters. The third-order valence-electron chi connectivity index (χ3n) is 5.55. The third kappa shape index (κ3) is 2.74. The first-order valence-corrected chi connectivity index (χ1v) is 8.85. The van der Waals surface area contributed by atoms with Crippen molar-refractivity contribution in [2.24, 2.45) is 0 Å². The number of likely N-dealkylation sites (N-methyl/N-ethyl adjacent to an activating group) is 1. The molecule has 0 bridgehead atoms. The Labute approximate surface area is 152 Å². The van der Waals surface area contributed by atoms with E-state index >= 15 is 0 Å². The van der Waals surface area contributed by atoms with Crippen LogP contribution in [0.5, 0.6) is 5.75 Å². The van der Waals surface area contributed by atoms with Gasteiger partial charge in [-0.25, -0.2) is 4.39 Å². The van der Waals surface area contributed by atoms with E-state index in [0.717, 1.165) is 37.1 Å². The van der Waals surface area contributed by atoms with Crippen molar-refractivity contribution in [3.05, 3.63) is 48.0 Å². The first-order chi connectivity index (χ1) is 12.5. The van der Waals surface area contributed by atoms with Crippen LogP contribution in [-0.2, 0) is 4.79 Å². The van der Waals surface area contributed by atoms with Crippen LogP contribution in [0.1, 0.15) is 31.0 Å². The van der Waals surface area contributed by atoms with Gasteiger partial charge in [0.05, 0.1) is 18.8 Å². The Bertz CT molecular complexity index is 857. The molecule has 0 radical (unpaired) electrons. The highest BCUT2D eigenvalue weighted by Gasteiger charge is 2.50. The first kappa shape index (κ1) is 17.0. The lowest BCUT2D eigenvalue weighted by atomic mass is 9.96. The van der Waals surface area contributed by atoms with Crippen LogP contribution in [0.25, 0.3) is 11.1 Å². The lowest BCUT2D eigenvalue weighted by Crippen LogP contribution is -2.47. The molecule has 6 heteroatoms. The van der Waals surface area contributed by atoms with Gasteiger partial charge in [-0.15, -0.1) is 0 Å². The first-order valence-electron chi connectivity index (χ1n) is 8.85. The molecule has 2 fully saturated rings. The number of rotatable bonds is 3. The van der Waals surface area contributed by atoms with Gasteiger partial charge in [0.2, 0.25) is 5.91 Å². The summed E-state index contributed by atoms with van der Waals surface area (Å²) >= 11 is 0. The van der Waals surface area contributed by atoms with Crippen LogP contribution >= 0.6 is 0 Å². The molecule has 2 aliphatic heterocycles. The zero-order chi connectivity index (χ0) is 18.3. The van der Waals surface area contributed by atoms with Gasteiger partial charge in [-0.05, 0) is 55.2 Å². The predicted octanol–water partition coefficient (Wildman–Crippen LogP) is 2.92. The van der Waals surface area contributed by atoms with Gasteiger partial charge in [0.25, 0.3) is 0 Å². The maximum Gasteiger partial charge on any atom is 0.242 e. The summed E-state index contributed by atoms with van der Waals surface area (Å²) in [4.78, 5) is 18.8. The van der Waals surface area contributed by atoms with Crippen LogP contribution in [0.2, 0.25) is 0 Å². The summed E-state index contributed by atoms with van der Waals surface area (Å²) in [6.45, 7) is 0.784. The number of ether oxygens (including phenoxy) is 1. The number of pyridine rings is 1. The number of benzene rings is 1. The van der Waals surface area contributed by atoms with Crippen LogP contribution < -0.4 is 10.1 Å². The van der Waals surface area contributed by atoms with E-state index in [1.807, 2.05) is 19.2 Å². The molecule has 0 aliphatic carbocycles. The number of halogens is 1. The minimum atomic E-state index is -0.451. The maximum absolute atomic E-state index is 13.7. The lowest BCUT2D eigenvalue weighted by molar-refractivity contribution is -0.131. The fourth-order valence-corrected chi connectivity index (χ4v) is 4.10. The molecule has 4 rings (SSSR count). The van der Waals surface area contributed by atoms with Crippen LogP contribution in [0.3, 0.4) is 0 Å². The topological polar surface area (TPSA) is 54.5 Å². The van der Waals surface area contributed by atoms with Crippen molar-refractivity contribution in [1.82, 2.24) is 15.2 Å². The van der Waals surface area contributed by atoms with Gasteiger partial charge in [-0.1, -0.05) is 0 Å². The SMILES string of the molecule is COc1ccc(F)cc1-c1ccnc([C@H]2CC[C@@]3(CCN(C)C3=O)N2)c1. The van der Waals surface area contributed by atoms with E-state index in [0.29, 0.717) is 11.3 Å². The van der Waals surface area contributed by atoms with E-state index in [4.69, 9.17) is 4.74 Å². The van der Waals surface area contributed by atoms with Crippen molar-refractivity contribution in [3.63, 3.8) is 0 Å². The Morgan fingerprint density at radius 3 is 2.88 bits per heavy atom. The highest BCUT2D eigenvalue weighted by atomic mass is 19.1. The van der Waals surface area contributed by atoms with Crippen LogP contribution in [0.4, 0.5) is 4.39 Å². The molecule has 136 valence electrons. The number of aromatic nitrogens is 1. The normalized spacial score (nSPS) is 25.3. The lowest BCUT2D eigenvalue weighted by Gasteiger charge is -2.23. The minimum absolute atomic E-state index is 0.0185. The van der Waals surface area contributed by atoms with E-state index in [-0.39, 0.29) is 17.8 Å². The monoisotopic (exact) mass is 355 g/mol. The zero-order valence-electron chi connectivity index (χ0n) is 15.0. The Morgan fingerprint density at radius 2 is 2.15 bits per heavy atom. The number of amides is 1. The summed E-state index contributed by atoms with van der Waals surface area (Å²) in [6, 6.07) is 8.30. The summed E-state index contributed by atoms with van der Waals surface area (Å²) in [5.41, 5.74) is 1.96. The molecule has 0 unspecified atom stereocenters. The Balaban J connectivity index is 1.64. The van der Waals surface area contributed by atoms with E-state index in [9.17, 15) is 9.18 Å². The number of carbonyl (C=O) groups excluding carboxylic acids is 1. The minimum Gasteiger partial charge on any atom is -0.496 e. The quantitative estimate of drug-likeness (QED) is 0.920. The molecule has 2 aromatic rings. The fourth-order valence-electron chi connectivity index (χ4n) is 4.10. The van der Waals surface area contributed by atoms with Gasteiger partial charge in [0.1, 0.15) is 17.1 Å². The molecule has 26 heavy (non-hydrogen) atoms. The van der Waals surface area contributed by atoms with E-state index in [1.165, 1.54) is 12.1 Å². The second-order valence-corrected chi connectivity index (χ2v) is 7.11. The molecule has 1 aromatic carbocycles. The number of hydrogen-bond donors (Lipinski definition) is 1. The van der Waals surface area contributed by atoms with Crippen molar-refractivity contribution in [2.75, 3.05) is 20.7 Å². The molecule has 5 nitrogen and oxygen atoms in total. The zero-order valence-corrected chi connectivity index (χ0v) is 15.0. The number of nitrogens with zero attached hydrogens (tertiary/aromatic N) is 2. The van der Waals surface area contributed by atoms with E-state index in [2.05, 4.69) is 10.3 Å². The summed E-state index contributed by atoms with van der Waals surface area (Å²) in [5, 5.41) is 3.52. The number of nitrogens with one attached hydrogen (secondary N) is 1. The molecule has 1 spiro atoms. The van der Waals surface area contributed by atoms with Gasteiger partial charge >= 0.3 is 0 Å². The van der Waals surface area contributed by atoms with E-state index in [1.54, 1.807) is 24.3 Å². The molecule has 1 N–H and O–H groups in total. The summed E-state index contributed by atoms with van der Waals surface area (Å²) in [6.07, 6.45) is 4.23. The van der Waals surface area contributed by atoms with Crippen molar-refractivity contribution >= 4 is 5.91 Å². The Kier molecular flexibility index (Phi) is 4.15. The average molecular weight is 355 g/mol. The molecule has 1 aromatic heterocycles. The van der Waals surface area contributed by atoms with Gasteiger partial charge in [-0.3, -0.25) is 15.1 Å². The highest BCUT2D eigenvalue weighted by Crippen LogP contribution is 2.39. The molecular weight excluding hydrogens is 333 g/mol. The second kappa shape index (κ2) is 6.36. The van der Waals surface area contributed by atoms with Gasteiger partial charge in [0.15, 0.2) is 0 Å². The van der Waals surface area contributed by atoms with Gasteiger partial charge in [0, 0.05) is 25.4 Å². The van der Waals surface area contributed by atoms with Gasteiger partial charge < -0.3 is 9.64 Å². The van der Waals surface area contributed by atoms with Crippen molar-refractivity contribution in [2.45, 2.75) is 30.8 Å². The van der Waals surface area contributed by atoms with Crippen LogP contribution in [-0.4, -0.2) is 42.0 Å². The second-order valence-electron chi connectivity index (χ2n) is 7.11. The molecule has 1 amide bonds. The van der Waals surface area contributed by atoms with Gasteiger partial charge in [-0.2, -0.15) is 0 Å². The predicted molar refractivity (Wildman–Crippen MR) is 96.3 cm³/mol. The average Bonchev–Trinajstić information content (AvgIpc) is 3.22. The van der Waals surface area contributed by atoms with Crippen LogP contribution in [0.15, 0.2) is 36.5 Å². The summed E-state index contributed by atoms with van der Waals surface area (Å²) in [7, 11) is 3.42. The Hall–Kier alpha value is -2.47. The number of hydrogen-bond acceptors (Lipinski definition) is 4. The summed E-state index contributed by atoms with van der Waals surface area (Å²) < 4.78 is 19.1. The van der Waals surface area contributed by atoms with E-state index < -0.39 is 5.54 Å². The number of carbonyl (C=O) groups is 1. The largest absolute Gasteiger partial charge is 0.496 e. The summed E-state index contributed by atoms with van der Waals surface area (Å²) in [5.74, 6) is 0.478. The van der Waals surface area contributed by atoms with Crippen LogP contribution in [0, 0.1) is 5.82 Å². The van der Waals surface area contributed by atoms with Crippen molar-refractivity contribution < 1.29 is 13.9 Å². The molecular formula is C20H22FN3O2. The maximum atomic E-state index is 13.7.